The first-order valence-electron chi connectivity index (χ1n) is 6.43. The fraction of sp³-hybridized carbons (Fsp3) is 0.250. The summed E-state index contributed by atoms with van der Waals surface area (Å²) in [6.45, 7) is 0. The van der Waals surface area contributed by atoms with Gasteiger partial charge in [-0.3, -0.25) is 0 Å². The standard InChI is InChI=1S/C16H17Cl2N.ClH/c17-14-8-7-13(16(18)11-14)4-2-1-3-12-5-9-15(19)10-6-12;/h5-11H,1-4,19H2;1H. The Kier molecular flexibility index (Phi) is 7.22. The Hall–Kier alpha value is -0.890. The largest absolute Gasteiger partial charge is 0.399 e. The van der Waals surface area contributed by atoms with Gasteiger partial charge in [-0.25, -0.2) is 0 Å². The summed E-state index contributed by atoms with van der Waals surface area (Å²) < 4.78 is 0. The van der Waals surface area contributed by atoms with Gasteiger partial charge in [-0.15, -0.1) is 12.4 Å². The van der Waals surface area contributed by atoms with Gasteiger partial charge in [-0.2, -0.15) is 0 Å². The number of benzene rings is 2. The third kappa shape index (κ3) is 5.24. The normalized spacial score (nSPS) is 10.1. The molecule has 0 aromatic heterocycles. The van der Waals surface area contributed by atoms with E-state index in [1.807, 2.05) is 24.3 Å². The van der Waals surface area contributed by atoms with Crippen molar-refractivity contribution in [2.75, 3.05) is 5.73 Å². The van der Waals surface area contributed by atoms with E-state index in [0.29, 0.717) is 5.02 Å². The van der Waals surface area contributed by atoms with E-state index >= 15 is 0 Å². The van der Waals surface area contributed by atoms with E-state index in [4.69, 9.17) is 28.9 Å². The molecule has 0 aliphatic carbocycles. The van der Waals surface area contributed by atoms with Crippen LogP contribution in [-0.4, -0.2) is 0 Å². The monoisotopic (exact) mass is 329 g/mol. The van der Waals surface area contributed by atoms with E-state index in [1.54, 1.807) is 6.07 Å². The van der Waals surface area contributed by atoms with E-state index < -0.39 is 0 Å². The highest BCUT2D eigenvalue weighted by atomic mass is 35.5. The Balaban J connectivity index is 0.00000200. The Morgan fingerprint density at radius 3 is 2.15 bits per heavy atom. The van der Waals surface area contributed by atoms with Crippen LogP contribution in [0, 0.1) is 0 Å². The molecule has 2 aromatic rings. The summed E-state index contributed by atoms with van der Waals surface area (Å²) in [4.78, 5) is 0. The van der Waals surface area contributed by atoms with Crippen LogP contribution in [0.25, 0.3) is 0 Å². The summed E-state index contributed by atoms with van der Waals surface area (Å²) >= 11 is 12.0. The fourth-order valence-corrected chi connectivity index (χ4v) is 2.56. The summed E-state index contributed by atoms with van der Waals surface area (Å²) in [6, 6.07) is 13.8. The maximum atomic E-state index is 6.14. The van der Waals surface area contributed by atoms with Gasteiger partial charge in [0, 0.05) is 15.7 Å². The number of rotatable bonds is 5. The molecule has 0 unspecified atom stereocenters. The van der Waals surface area contributed by atoms with Crippen molar-refractivity contribution in [2.45, 2.75) is 25.7 Å². The zero-order valence-electron chi connectivity index (χ0n) is 11.1. The number of halogens is 3. The highest BCUT2D eigenvalue weighted by Crippen LogP contribution is 2.22. The number of nitrogen functional groups attached to an aromatic ring is 1. The molecule has 0 saturated heterocycles. The van der Waals surface area contributed by atoms with E-state index in [-0.39, 0.29) is 12.4 Å². The van der Waals surface area contributed by atoms with Crippen molar-refractivity contribution in [1.82, 2.24) is 0 Å². The van der Waals surface area contributed by atoms with Crippen molar-refractivity contribution in [1.29, 1.82) is 0 Å². The van der Waals surface area contributed by atoms with Crippen LogP contribution in [0.3, 0.4) is 0 Å². The van der Waals surface area contributed by atoms with Gasteiger partial charge in [0.1, 0.15) is 0 Å². The first-order chi connectivity index (χ1) is 9.15. The molecule has 1 nitrogen and oxygen atoms in total. The van der Waals surface area contributed by atoms with Crippen LogP contribution in [0.4, 0.5) is 5.69 Å². The molecule has 0 atom stereocenters. The van der Waals surface area contributed by atoms with E-state index in [9.17, 15) is 0 Å². The first-order valence-corrected chi connectivity index (χ1v) is 7.19. The molecule has 0 spiro atoms. The molecular weight excluding hydrogens is 313 g/mol. The molecule has 0 radical (unpaired) electrons. The zero-order chi connectivity index (χ0) is 13.7. The number of nitrogens with two attached hydrogens (primary N) is 1. The molecule has 0 amide bonds. The van der Waals surface area contributed by atoms with Gasteiger partial charge >= 0.3 is 0 Å². The highest BCUT2D eigenvalue weighted by Gasteiger charge is 2.01. The van der Waals surface area contributed by atoms with Crippen LogP contribution >= 0.6 is 35.6 Å². The maximum Gasteiger partial charge on any atom is 0.0452 e. The predicted molar refractivity (Wildman–Crippen MR) is 91.2 cm³/mol. The molecule has 0 saturated carbocycles. The summed E-state index contributed by atoms with van der Waals surface area (Å²) in [5.74, 6) is 0. The smallest absolute Gasteiger partial charge is 0.0452 e. The molecule has 0 fully saturated rings. The molecule has 2 N–H and O–H groups in total. The van der Waals surface area contributed by atoms with Crippen molar-refractivity contribution >= 4 is 41.3 Å². The van der Waals surface area contributed by atoms with E-state index in [1.165, 1.54) is 11.1 Å². The van der Waals surface area contributed by atoms with Crippen LogP contribution in [-0.2, 0) is 12.8 Å². The van der Waals surface area contributed by atoms with Crippen molar-refractivity contribution in [3.63, 3.8) is 0 Å². The SMILES string of the molecule is Cl.Nc1ccc(CCCCc2ccc(Cl)cc2Cl)cc1. The van der Waals surface area contributed by atoms with Crippen LogP contribution in [0.1, 0.15) is 24.0 Å². The van der Waals surface area contributed by atoms with Crippen LogP contribution in [0.5, 0.6) is 0 Å². The molecule has 0 aliphatic heterocycles. The molecular formula is C16H18Cl3N. The Morgan fingerprint density at radius 2 is 1.50 bits per heavy atom. The quantitative estimate of drug-likeness (QED) is 0.563. The lowest BCUT2D eigenvalue weighted by Gasteiger charge is -2.05. The molecule has 20 heavy (non-hydrogen) atoms. The topological polar surface area (TPSA) is 26.0 Å². The lowest BCUT2D eigenvalue weighted by Crippen LogP contribution is -1.91. The summed E-state index contributed by atoms with van der Waals surface area (Å²) in [5, 5.41) is 1.45. The summed E-state index contributed by atoms with van der Waals surface area (Å²) in [5.41, 5.74) is 8.98. The molecule has 2 aromatic carbocycles. The fourth-order valence-electron chi connectivity index (χ4n) is 2.05. The Morgan fingerprint density at radius 1 is 0.850 bits per heavy atom. The second-order valence-electron chi connectivity index (χ2n) is 4.68. The van der Waals surface area contributed by atoms with Gasteiger partial charge in [0.15, 0.2) is 0 Å². The van der Waals surface area contributed by atoms with Gasteiger partial charge in [0.25, 0.3) is 0 Å². The van der Waals surface area contributed by atoms with Gasteiger partial charge in [0.2, 0.25) is 0 Å². The summed E-state index contributed by atoms with van der Waals surface area (Å²) in [6.07, 6.45) is 4.32. The minimum atomic E-state index is 0. The molecule has 108 valence electrons. The zero-order valence-corrected chi connectivity index (χ0v) is 13.4. The van der Waals surface area contributed by atoms with Crippen LogP contribution in [0.2, 0.25) is 10.0 Å². The summed E-state index contributed by atoms with van der Waals surface area (Å²) in [7, 11) is 0. The highest BCUT2D eigenvalue weighted by molar-refractivity contribution is 6.35. The van der Waals surface area contributed by atoms with Gasteiger partial charge in [-0.1, -0.05) is 41.4 Å². The number of hydrogen-bond acceptors (Lipinski definition) is 1. The molecule has 0 heterocycles. The molecule has 0 aliphatic rings. The van der Waals surface area contributed by atoms with E-state index in [2.05, 4.69) is 12.1 Å². The second kappa shape index (κ2) is 8.41. The molecule has 0 bridgehead atoms. The van der Waals surface area contributed by atoms with Gasteiger partial charge in [0.05, 0.1) is 0 Å². The lowest BCUT2D eigenvalue weighted by molar-refractivity contribution is 0.734. The van der Waals surface area contributed by atoms with Crippen LogP contribution in [0.15, 0.2) is 42.5 Å². The van der Waals surface area contributed by atoms with Crippen molar-refractivity contribution < 1.29 is 0 Å². The van der Waals surface area contributed by atoms with Crippen molar-refractivity contribution in [3.8, 4) is 0 Å². The third-order valence-electron chi connectivity index (χ3n) is 3.16. The van der Waals surface area contributed by atoms with Crippen molar-refractivity contribution in [3.05, 3.63) is 63.6 Å². The molecule has 2 rings (SSSR count). The first kappa shape index (κ1) is 17.2. The van der Waals surface area contributed by atoms with Gasteiger partial charge < -0.3 is 5.73 Å². The maximum absolute atomic E-state index is 6.14. The van der Waals surface area contributed by atoms with Crippen molar-refractivity contribution in [2.24, 2.45) is 0 Å². The minimum absolute atomic E-state index is 0. The molecule has 4 heteroatoms. The lowest BCUT2D eigenvalue weighted by atomic mass is 10.0. The second-order valence-corrected chi connectivity index (χ2v) is 5.53. The average molecular weight is 331 g/mol. The Labute approximate surface area is 136 Å². The van der Waals surface area contributed by atoms with Gasteiger partial charge in [-0.05, 0) is 61.1 Å². The number of hydrogen-bond donors (Lipinski definition) is 1. The predicted octanol–water partition coefficient (Wildman–Crippen LogP) is 5.56. The van der Waals surface area contributed by atoms with E-state index in [0.717, 1.165) is 36.4 Å². The number of aryl methyl sites for hydroxylation is 2. The number of unbranched alkanes of at least 4 members (excludes halogenated alkanes) is 1. The minimum Gasteiger partial charge on any atom is -0.399 e. The van der Waals surface area contributed by atoms with Crippen LogP contribution < -0.4 is 5.73 Å². The average Bonchev–Trinajstić information content (AvgIpc) is 2.39. The third-order valence-corrected chi connectivity index (χ3v) is 3.74. The Bertz CT molecular complexity index is 538. The number of anilines is 1.